The van der Waals surface area contributed by atoms with Crippen LogP contribution in [0.1, 0.15) is 6.42 Å². The number of piperidine rings is 1. The molecule has 0 spiro atoms. The van der Waals surface area contributed by atoms with Crippen molar-refractivity contribution in [1.82, 2.24) is 14.9 Å². The second-order valence-electron chi connectivity index (χ2n) is 7.14. The monoisotopic (exact) mass is 399 g/mol. The molecule has 2 unspecified atom stereocenters. The first-order chi connectivity index (χ1) is 13.7. The zero-order chi connectivity index (χ0) is 19.1. The number of fused-ring (bicyclic) bond motifs is 3. The first-order valence-corrected chi connectivity index (χ1v) is 10.5. The molecular weight excluding hydrogens is 378 g/mol. The van der Waals surface area contributed by atoms with E-state index in [1.54, 1.807) is 17.8 Å². The normalized spacial score (nSPS) is 22.7. The molecule has 6 rings (SSSR count). The summed E-state index contributed by atoms with van der Waals surface area (Å²) in [5, 5.41) is 3.75. The lowest BCUT2D eigenvalue weighted by atomic mass is 9.87. The summed E-state index contributed by atoms with van der Waals surface area (Å²) in [7, 11) is 0. The molecule has 5 heterocycles. The van der Waals surface area contributed by atoms with E-state index in [4.69, 9.17) is 9.47 Å². The van der Waals surface area contributed by atoms with Gasteiger partial charge < -0.3 is 19.7 Å². The van der Waals surface area contributed by atoms with Gasteiger partial charge >= 0.3 is 0 Å². The molecule has 1 N–H and O–H groups in total. The van der Waals surface area contributed by atoms with E-state index in [2.05, 4.69) is 25.1 Å². The molecule has 3 fully saturated rings. The minimum Gasteiger partial charge on any atom is -0.454 e. The van der Waals surface area contributed by atoms with Crippen LogP contribution in [0.3, 0.4) is 0 Å². The second-order valence-corrected chi connectivity index (χ2v) is 7.91. The number of carbonyl (C=O) groups excluding carboxylic acids is 1. The highest BCUT2D eigenvalue weighted by molar-refractivity contribution is 7.98. The van der Waals surface area contributed by atoms with E-state index < -0.39 is 0 Å². The molecule has 1 aromatic heterocycles. The minimum absolute atomic E-state index is 0.00581. The van der Waals surface area contributed by atoms with E-state index in [9.17, 15) is 4.79 Å². The Morgan fingerprint density at radius 3 is 2.89 bits per heavy atom. The van der Waals surface area contributed by atoms with Crippen molar-refractivity contribution >= 4 is 29.2 Å². The fraction of sp³-hybridized carbons (Fsp3) is 0.421. The average Bonchev–Trinajstić information content (AvgIpc) is 3.20. The van der Waals surface area contributed by atoms with Crippen LogP contribution >= 0.6 is 11.8 Å². The van der Waals surface area contributed by atoms with Gasteiger partial charge in [-0.15, -0.1) is 0 Å². The fourth-order valence-corrected chi connectivity index (χ4v) is 4.43. The molecule has 28 heavy (non-hydrogen) atoms. The highest BCUT2D eigenvalue weighted by Gasteiger charge is 2.45. The number of hydrogen-bond acceptors (Lipinski definition) is 8. The molecule has 2 bridgehead atoms. The van der Waals surface area contributed by atoms with Crippen molar-refractivity contribution in [2.45, 2.75) is 23.7 Å². The van der Waals surface area contributed by atoms with Gasteiger partial charge in [-0.2, -0.15) is 0 Å². The van der Waals surface area contributed by atoms with Crippen molar-refractivity contribution in [3.8, 4) is 11.5 Å². The molecule has 4 aliphatic rings. The summed E-state index contributed by atoms with van der Waals surface area (Å²) in [6, 6.07) is 8.18. The molecule has 3 saturated heterocycles. The molecule has 2 atom stereocenters. The Balaban J connectivity index is 1.18. The summed E-state index contributed by atoms with van der Waals surface area (Å²) in [6.07, 6.45) is 4.92. The zero-order valence-corrected chi connectivity index (χ0v) is 16.3. The predicted molar refractivity (Wildman–Crippen MR) is 106 cm³/mol. The number of ether oxygens (including phenoxy) is 2. The maximum absolute atomic E-state index is 12.5. The maximum Gasteiger partial charge on any atom is 0.238 e. The number of hydrogen-bond donors (Lipinski definition) is 1. The molecule has 2 aromatic rings. The molecule has 8 nitrogen and oxygen atoms in total. The van der Waals surface area contributed by atoms with Crippen LogP contribution in [0.25, 0.3) is 0 Å². The molecule has 0 saturated carbocycles. The Morgan fingerprint density at radius 1 is 1.25 bits per heavy atom. The maximum atomic E-state index is 12.5. The SMILES string of the molecule is CSc1nccc(N2CC3CC(C2)N3CC(=O)Nc2ccc3c(c2)OCO3)n1. The van der Waals surface area contributed by atoms with Crippen molar-refractivity contribution in [2.75, 3.05) is 42.9 Å². The van der Waals surface area contributed by atoms with Crippen molar-refractivity contribution < 1.29 is 14.3 Å². The number of anilines is 2. The van der Waals surface area contributed by atoms with Crippen LogP contribution in [0.4, 0.5) is 11.5 Å². The largest absolute Gasteiger partial charge is 0.454 e. The lowest BCUT2D eigenvalue weighted by Crippen LogP contribution is -2.69. The van der Waals surface area contributed by atoms with Gasteiger partial charge in [0.25, 0.3) is 0 Å². The van der Waals surface area contributed by atoms with E-state index in [0.29, 0.717) is 30.1 Å². The van der Waals surface area contributed by atoms with E-state index in [0.717, 1.165) is 36.2 Å². The van der Waals surface area contributed by atoms with Crippen molar-refractivity contribution in [1.29, 1.82) is 0 Å². The van der Waals surface area contributed by atoms with E-state index in [1.165, 1.54) is 0 Å². The third-order valence-electron chi connectivity index (χ3n) is 5.45. The van der Waals surface area contributed by atoms with Crippen LogP contribution in [-0.4, -0.2) is 65.5 Å². The number of nitrogens with zero attached hydrogens (tertiary/aromatic N) is 4. The van der Waals surface area contributed by atoms with Gasteiger partial charge in [-0.05, 0) is 30.9 Å². The van der Waals surface area contributed by atoms with Crippen LogP contribution in [0.15, 0.2) is 35.6 Å². The second kappa shape index (κ2) is 7.14. The van der Waals surface area contributed by atoms with Crippen molar-refractivity contribution in [3.63, 3.8) is 0 Å². The first kappa shape index (κ1) is 17.6. The smallest absolute Gasteiger partial charge is 0.238 e. The summed E-state index contributed by atoms with van der Waals surface area (Å²) in [5.74, 6) is 2.35. The molecular formula is C19H21N5O3S. The quantitative estimate of drug-likeness (QED) is 0.603. The van der Waals surface area contributed by atoms with Crippen LogP contribution < -0.4 is 19.7 Å². The lowest BCUT2D eigenvalue weighted by Gasteiger charge is -2.56. The number of nitrogens with one attached hydrogen (secondary N) is 1. The number of rotatable bonds is 5. The van der Waals surface area contributed by atoms with Crippen molar-refractivity contribution in [3.05, 3.63) is 30.5 Å². The number of thioether (sulfide) groups is 1. The summed E-state index contributed by atoms with van der Waals surface area (Å²) in [4.78, 5) is 25.9. The average molecular weight is 399 g/mol. The molecule has 1 aromatic carbocycles. The van der Waals surface area contributed by atoms with Crippen LogP contribution in [-0.2, 0) is 4.79 Å². The number of piperazine rings is 1. The Kier molecular flexibility index (Phi) is 4.48. The Labute approximate surface area is 167 Å². The number of aromatic nitrogens is 2. The van der Waals surface area contributed by atoms with Crippen LogP contribution in [0, 0.1) is 0 Å². The topological polar surface area (TPSA) is 79.8 Å². The summed E-state index contributed by atoms with van der Waals surface area (Å²) in [6.45, 7) is 2.40. The fourth-order valence-electron chi connectivity index (χ4n) is 4.08. The number of benzene rings is 1. The summed E-state index contributed by atoms with van der Waals surface area (Å²) in [5.41, 5.74) is 0.729. The molecule has 0 aliphatic carbocycles. The van der Waals surface area contributed by atoms with Gasteiger partial charge in [0.2, 0.25) is 12.7 Å². The molecule has 1 amide bonds. The highest BCUT2D eigenvalue weighted by Crippen LogP contribution is 2.35. The van der Waals surface area contributed by atoms with Gasteiger partial charge in [-0.25, -0.2) is 9.97 Å². The third-order valence-corrected chi connectivity index (χ3v) is 6.01. The zero-order valence-electron chi connectivity index (χ0n) is 15.5. The van der Waals surface area contributed by atoms with Crippen LogP contribution in [0.5, 0.6) is 11.5 Å². The van der Waals surface area contributed by atoms with E-state index in [-0.39, 0.29) is 12.7 Å². The first-order valence-electron chi connectivity index (χ1n) is 9.27. The van der Waals surface area contributed by atoms with Crippen molar-refractivity contribution in [2.24, 2.45) is 0 Å². The van der Waals surface area contributed by atoms with Gasteiger partial charge in [0, 0.05) is 43.1 Å². The van der Waals surface area contributed by atoms with Gasteiger partial charge in [0.1, 0.15) is 5.82 Å². The standard InChI is InChI=1S/C19H21N5O3S/c1-28-19-20-5-4-17(22-19)23-8-13-7-14(9-23)24(13)10-18(25)21-12-2-3-15-16(6-12)27-11-26-15/h2-6,13-14H,7-11H2,1H3,(H,21,25). The van der Waals surface area contributed by atoms with Crippen LogP contribution in [0.2, 0.25) is 0 Å². The minimum atomic E-state index is -0.00581. The summed E-state index contributed by atoms with van der Waals surface area (Å²) < 4.78 is 10.7. The Bertz CT molecular complexity index is 899. The Morgan fingerprint density at radius 2 is 2.07 bits per heavy atom. The number of amides is 1. The van der Waals surface area contributed by atoms with E-state index >= 15 is 0 Å². The number of carbonyl (C=O) groups is 1. The Hall–Kier alpha value is -2.52. The third kappa shape index (κ3) is 3.24. The van der Waals surface area contributed by atoms with Gasteiger partial charge in [0.05, 0.1) is 6.54 Å². The van der Waals surface area contributed by atoms with E-state index in [1.807, 2.05) is 30.7 Å². The van der Waals surface area contributed by atoms with Gasteiger partial charge in [-0.3, -0.25) is 9.69 Å². The van der Waals surface area contributed by atoms with Gasteiger partial charge in [0.15, 0.2) is 16.7 Å². The molecule has 146 valence electrons. The lowest BCUT2D eigenvalue weighted by molar-refractivity contribution is -0.121. The summed E-state index contributed by atoms with van der Waals surface area (Å²) >= 11 is 1.55. The molecule has 9 heteroatoms. The predicted octanol–water partition coefficient (Wildman–Crippen LogP) is 1.83. The highest BCUT2D eigenvalue weighted by atomic mass is 32.2. The molecule has 0 radical (unpaired) electrons. The van der Waals surface area contributed by atoms with Gasteiger partial charge in [-0.1, -0.05) is 11.8 Å². The molecule has 4 aliphatic heterocycles.